The molecule has 2 fully saturated rings. The second kappa shape index (κ2) is 8.64. The molecule has 25 heavy (non-hydrogen) atoms. The van der Waals surface area contributed by atoms with Crippen molar-refractivity contribution in [2.75, 3.05) is 39.5 Å². The van der Waals surface area contributed by atoms with Gasteiger partial charge in [-0.05, 0) is 30.5 Å². The van der Waals surface area contributed by atoms with Gasteiger partial charge >= 0.3 is 0 Å². The average molecular weight is 393 g/mol. The first-order valence-corrected chi connectivity index (χ1v) is 8.57. The minimum atomic E-state index is -0.541. The van der Waals surface area contributed by atoms with Gasteiger partial charge in [-0.1, -0.05) is 17.7 Å². The number of halogens is 3. The molecular weight excluding hydrogens is 370 g/mol. The van der Waals surface area contributed by atoms with Crippen molar-refractivity contribution in [2.45, 2.75) is 18.9 Å². The number of carbonyl (C=O) groups excluding carboxylic acids is 1. The summed E-state index contributed by atoms with van der Waals surface area (Å²) in [4.78, 5) is 14.9. The van der Waals surface area contributed by atoms with Gasteiger partial charge in [0, 0.05) is 26.3 Å². The highest BCUT2D eigenvalue weighted by Crippen LogP contribution is 2.34. The van der Waals surface area contributed by atoms with Crippen molar-refractivity contribution in [1.29, 1.82) is 0 Å². The van der Waals surface area contributed by atoms with E-state index in [0.717, 1.165) is 5.56 Å². The number of ether oxygens (including phenoxy) is 2. The van der Waals surface area contributed by atoms with Crippen LogP contribution in [0.4, 0.5) is 4.39 Å². The smallest absolute Gasteiger partial charge is 0.230 e. The molecule has 8 heteroatoms. The van der Waals surface area contributed by atoms with E-state index in [1.165, 1.54) is 6.07 Å². The number of amides is 1. The molecule has 140 valence electrons. The third-order valence-corrected chi connectivity index (χ3v) is 5.25. The molecule has 2 saturated heterocycles. The maximum atomic E-state index is 13.3. The van der Waals surface area contributed by atoms with Crippen molar-refractivity contribution in [3.05, 3.63) is 34.6 Å². The number of hydrogen-bond donors (Lipinski definition) is 1. The Hall–Kier alpha value is -0.920. The molecule has 0 aromatic heterocycles. The van der Waals surface area contributed by atoms with Gasteiger partial charge in [-0.25, -0.2) is 4.39 Å². The van der Waals surface area contributed by atoms with Crippen LogP contribution in [-0.2, 0) is 14.3 Å². The van der Waals surface area contributed by atoms with Crippen LogP contribution in [0, 0.1) is 11.2 Å². The molecule has 0 bridgehead atoms. The summed E-state index contributed by atoms with van der Waals surface area (Å²) in [7, 11) is 0. The molecule has 2 heterocycles. The Morgan fingerprint density at radius 2 is 2.08 bits per heavy atom. The molecule has 2 aliphatic rings. The van der Waals surface area contributed by atoms with E-state index >= 15 is 0 Å². The minimum Gasteiger partial charge on any atom is -0.381 e. The number of hydrogen-bond acceptors (Lipinski definition) is 4. The Morgan fingerprint density at radius 3 is 2.72 bits per heavy atom. The lowest BCUT2D eigenvalue weighted by molar-refractivity contribution is -0.154. The Morgan fingerprint density at radius 1 is 1.36 bits per heavy atom. The van der Waals surface area contributed by atoms with Gasteiger partial charge in [0.2, 0.25) is 5.91 Å². The zero-order valence-electron chi connectivity index (χ0n) is 13.9. The van der Waals surface area contributed by atoms with Crippen molar-refractivity contribution in [1.82, 2.24) is 4.90 Å². The van der Waals surface area contributed by atoms with Crippen LogP contribution in [0.15, 0.2) is 18.2 Å². The zero-order chi connectivity index (χ0) is 17.2. The molecule has 1 amide bonds. The molecule has 0 saturated carbocycles. The first kappa shape index (κ1) is 20.4. The summed E-state index contributed by atoms with van der Waals surface area (Å²) in [6.45, 7) is 2.83. The molecule has 5 nitrogen and oxygen atoms in total. The fourth-order valence-electron chi connectivity index (χ4n) is 3.35. The molecule has 2 N–H and O–H groups in total. The van der Waals surface area contributed by atoms with Gasteiger partial charge in [0.15, 0.2) is 0 Å². The van der Waals surface area contributed by atoms with E-state index in [4.69, 9.17) is 26.8 Å². The van der Waals surface area contributed by atoms with Crippen LogP contribution in [-0.4, -0.2) is 50.3 Å². The van der Waals surface area contributed by atoms with E-state index in [1.807, 2.05) is 4.90 Å². The van der Waals surface area contributed by atoms with Gasteiger partial charge < -0.3 is 20.1 Å². The average Bonchev–Trinajstić information content (AvgIpc) is 2.64. The molecule has 1 unspecified atom stereocenters. The Balaban J connectivity index is 0.00000225. The minimum absolute atomic E-state index is 0. The van der Waals surface area contributed by atoms with Gasteiger partial charge in [0.25, 0.3) is 0 Å². The molecular formula is C17H23Cl2FN2O3. The lowest BCUT2D eigenvalue weighted by atomic mass is 9.78. The van der Waals surface area contributed by atoms with E-state index < -0.39 is 11.2 Å². The van der Waals surface area contributed by atoms with E-state index in [9.17, 15) is 9.18 Å². The molecule has 0 aliphatic carbocycles. The van der Waals surface area contributed by atoms with Crippen molar-refractivity contribution >= 4 is 29.9 Å². The largest absolute Gasteiger partial charge is 0.381 e. The fraction of sp³-hybridized carbons (Fsp3) is 0.588. The second-order valence-corrected chi connectivity index (χ2v) is 6.79. The highest BCUT2D eigenvalue weighted by Gasteiger charge is 2.42. The standard InChI is InChI=1S/C17H22ClFN2O3.ClH/c18-13-9-12(1-2-14(13)19)15-10-21(5-8-24-15)16(22)17(11-20)3-6-23-7-4-17;/h1-2,9,15H,3-8,10-11,20H2;1H. The van der Waals surface area contributed by atoms with E-state index in [-0.39, 0.29) is 29.4 Å². The maximum Gasteiger partial charge on any atom is 0.230 e. The molecule has 1 aromatic carbocycles. The summed E-state index contributed by atoms with van der Waals surface area (Å²) in [6.07, 6.45) is 0.981. The number of carbonyl (C=O) groups is 1. The molecule has 1 aromatic rings. The van der Waals surface area contributed by atoms with Crippen LogP contribution in [0.2, 0.25) is 5.02 Å². The summed E-state index contributed by atoms with van der Waals surface area (Å²) in [6, 6.07) is 4.53. The van der Waals surface area contributed by atoms with Crippen molar-refractivity contribution < 1.29 is 18.7 Å². The zero-order valence-corrected chi connectivity index (χ0v) is 15.5. The highest BCUT2D eigenvalue weighted by molar-refractivity contribution is 6.30. The SMILES string of the molecule is Cl.NCC1(C(=O)N2CCOC(c3ccc(F)c(Cl)c3)C2)CCOCC1. The number of benzene rings is 1. The van der Waals surface area contributed by atoms with Gasteiger partial charge in [-0.2, -0.15) is 0 Å². The lowest BCUT2D eigenvalue weighted by Crippen LogP contribution is -2.54. The number of nitrogens with two attached hydrogens (primary N) is 1. The third kappa shape index (κ3) is 4.26. The van der Waals surface area contributed by atoms with Gasteiger partial charge in [-0.3, -0.25) is 4.79 Å². The van der Waals surface area contributed by atoms with Crippen LogP contribution in [0.25, 0.3) is 0 Å². The van der Waals surface area contributed by atoms with Gasteiger partial charge in [0.1, 0.15) is 11.9 Å². The van der Waals surface area contributed by atoms with Crippen molar-refractivity contribution in [3.8, 4) is 0 Å². The van der Waals surface area contributed by atoms with Crippen LogP contribution >= 0.6 is 24.0 Å². The Bertz CT molecular complexity index is 612. The Labute approximate surface area is 158 Å². The summed E-state index contributed by atoms with van der Waals surface area (Å²) >= 11 is 5.86. The van der Waals surface area contributed by atoms with Crippen LogP contribution in [0.5, 0.6) is 0 Å². The lowest BCUT2D eigenvalue weighted by Gasteiger charge is -2.42. The molecule has 0 radical (unpaired) electrons. The Kier molecular flexibility index (Phi) is 7.05. The first-order chi connectivity index (χ1) is 11.6. The molecule has 1 atom stereocenters. The quantitative estimate of drug-likeness (QED) is 0.858. The second-order valence-electron chi connectivity index (χ2n) is 6.38. The number of nitrogens with zero attached hydrogens (tertiary/aromatic N) is 1. The summed E-state index contributed by atoms with van der Waals surface area (Å²) < 4.78 is 24.5. The van der Waals surface area contributed by atoms with Crippen molar-refractivity contribution in [2.24, 2.45) is 11.1 Å². The first-order valence-electron chi connectivity index (χ1n) is 8.19. The normalized spacial score (nSPS) is 23.0. The van der Waals surface area contributed by atoms with Gasteiger partial charge in [0.05, 0.1) is 23.6 Å². The highest BCUT2D eigenvalue weighted by atomic mass is 35.5. The van der Waals surface area contributed by atoms with E-state index in [1.54, 1.807) is 12.1 Å². The van der Waals surface area contributed by atoms with Crippen LogP contribution in [0.1, 0.15) is 24.5 Å². The van der Waals surface area contributed by atoms with Crippen molar-refractivity contribution in [3.63, 3.8) is 0 Å². The molecule has 0 spiro atoms. The van der Waals surface area contributed by atoms with E-state index in [0.29, 0.717) is 52.3 Å². The summed E-state index contributed by atoms with van der Waals surface area (Å²) in [5.74, 6) is -0.400. The number of rotatable bonds is 3. The van der Waals surface area contributed by atoms with Gasteiger partial charge in [-0.15, -0.1) is 12.4 Å². The molecule has 3 rings (SSSR count). The predicted octanol–water partition coefficient (Wildman–Crippen LogP) is 2.56. The van der Waals surface area contributed by atoms with E-state index in [2.05, 4.69) is 0 Å². The molecule has 2 aliphatic heterocycles. The maximum absolute atomic E-state index is 13.3. The van der Waals surface area contributed by atoms with Crippen LogP contribution in [0.3, 0.4) is 0 Å². The summed E-state index contributed by atoms with van der Waals surface area (Å²) in [5, 5.41) is 0.0578. The monoisotopic (exact) mass is 392 g/mol. The number of morpholine rings is 1. The van der Waals surface area contributed by atoms with Crippen LogP contribution < -0.4 is 5.73 Å². The topological polar surface area (TPSA) is 64.8 Å². The fourth-order valence-corrected chi connectivity index (χ4v) is 3.54. The summed E-state index contributed by atoms with van der Waals surface area (Å²) in [5.41, 5.74) is 6.16. The predicted molar refractivity (Wildman–Crippen MR) is 95.5 cm³/mol. The third-order valence-electron chi connectivity index (χ3n) is 4.96.